The standard InChI is InChI=1S/C17H14ClFO5/c18-14-2-1-3-15(19)13(14)10-23-12-6-4-11(5-7-12)9-24-17(22)8-16(20)21/h1-7H,8-10H2,(H,20,21). The first-order chi connectivity index (χ1) is 11.5. The smallest absolute Gasteiger partial charge is 0.317 e. The number of ether oxygens (including phenoxy) is 2. The Hall–Kier alpha value is -2.60. The van der Waals surface area contributed by atoms with Crippen molar-refractivity contribution in [2.75, 3.05) is 0 Å². The molecule has 0 saturated heterocycles. The largest absolute Gasteiger partial charge is 0.489 e. The van der Waals surface area contributed by atoms with Gasteiger partial charge in [-0.05, 0) is 29.8 Å². The van der Waals surface area contributed by atoms with Crippen LogP contribution in [0.2, 0.25) is 5.02 Å². The molecule has 0 radical (unpaired) electrons. The summed E-state index contributed by atoms with van der Waals surface area (Å²) in [6.07, 6.45) is -0.676. The summed E-state index contributed by atoms with van der Waals surface area (Å²) in [6, 6.07) is 11.0. The van der Waals surface area contributed by atoms with Crippen LogP contribution in [0.3, 0.4) is 0 Å². The van der Waals surface area contributed by atoms with E-state index in [2.05, 4.69) is 0 Å². The molecule has 0 fully saturated rings. The highest BCUT2D eigenvalue weighted by Gasteiger charge is 2.10. The molecule has 1 N–H and O–H groups in total. The summed E-state index contributed by atoms with van der Waals surface area (Å²) in [5.74, 6) is -1.99. The molecule has 0 saturated carbocycles. The van der Waals surface area contributed by atoms with Gasteiger partial charge in [0.15, 0.2) is 0 Å². The van der Waals surface area contributed by atoms with Gasteiger partial charge in [0.1, 0.15) is 31.2 Å². The van der Waals surface area contributed by atoms with Crippen molar-refractivity contribution < 1.29 is 28.6 Å². The summed E-state index contributed by atoms with van der Waals surface area (Å²) in [5.41, 5.74) is 0.941. The van der Waals surface area contributed by atoms with Crippen LogP contribution in [-0.2, 0) is 27.5 Å². The number of hydrogen-bond donors (Lipinski definition) is 1. The lowest BCUT2D eigenvalue weighted by molar-refractivity contribution is -0.152. The Kier molecular flexibility index (Phi) is 6.14. The van der Waals surface area contributed by atoms with Gasteiger partial charge in [0.25, 0.3) is 0 Å². The number of hydrogen-bond acceptors (Lipinski definition) is 4. The van der Waals surface area contributed by atoms with Gasteiger partial charge in [0.2, 0.25) is 0 Å². The summed E-state index contributed by atoms with van der Waals surface area (Å²) >= 11 is 5.92. The van der Waals surface area contributed by atoms with Gasteiger partial charge in [0, 0.05) is 5.56 Å². The van der Waals surface area contributed by atoms with E-state index in [-0.39, 0.29) is 23.8 Å². The Morgan fingerprint density at radius 1 is 1.08 bits per heavy atom. The molecule has 0 aliphatic rings. The second kappa shape index (κ2) is 8.31. The van der Waals surface area contributed by atoms with Crippen molar-refractivity contribution in [1.29, 1.82) is 0 Å². The van der Waals surface area contributed by atoms with Crippen molar-refractivity contribution in [1.82, 2.24) is 0 Å². The van der Waals surface area contributed by atoms with Crippen LogP contribution in [0.5, 0.6) is 5.75 Å². The van der Waals surface area contributed by atoms with Crippen LogP contribution in [-0.4, -0.2) is 17.0 Å². The van der Waals surface area contributed by atoms with Gasteiger partial charge in [-0.3, -0.25) is 9.59 Å². The molecule has 0 aromatic heterocycles. The SMILES string of the molecule is O=C(O)CC(=O)OCc1ccc(OCc2c(F)cccc2Cl)cc1. The fourth-order valence-electron chi connectivity index (χ4n) is 1.85. The van der Waals surface area contributed by atoms with Crippen LogP contribution in [0.4, 0.5) is 4.39 Å². The molecule has 126 valence electrons. The van der Waals surface area contributed by atoms with E-state index >= 15 is 0 Å². The zero-order valence-corrected chi connectivity index (χ0v) is 13.3. The summed E-state index contributed by atoms with van der Waals surface area (Å²) in [7, 11) is 0. The van der Waals surface area contributed by atoms with Gasteiger partial charge in [-0.1, -0.05) is 29.8 Å². The fourth-order valence-corrected chi connectivity index (χ4v) is 2.06. The number of carbonyl (C=O) groups excluding carboxylic acids is 1. The van der Waals surface area contributed by atoms with Gasteiger partial charge in [-0.25, -0.2) is 4.39 Å². The quantitative estimate of drug-likeness (QED) is 0.609. The lowest BCUT2D eigenvalue weighted by atomic mass is 10.2. The number of halogens is 2. The Bertz CT molecular complexity index is 710. The number of benzene rings is 2. The van der Waals surface area contributed by atoms with Gasteiger partial charge in [0.05, 0.1) is 5.02 Å². The molecule has 5 nitrogen and oxygen atoms in total. The number of esters is 1. The molecule has 7 heteroatoms. The fraction of sp³-hybridized carbons (Fsp3) is 0.176. The highest BCUT2D eigenvalue weighted by Crippen LogP contribution is 2.21. The third-order valence-corrected chi connectivity index (χ3v) is 3.42. The second-order valence-corrected chi connectivity index (χ2v) is 5.27. The maximum absolute atomic E-state index is 13.6. The van der Waals surface area contributed by atoms with E-state index < -0.39 is 24.2 Å². The second-order valence-electron chi connectivity index (χ2n) is 4.86. The molecule has 0 aliphatic carbocycles. The van der Waals surface area contributed by atoms with Crippen LogP contribution in [0, 0.1) is 5.82 Å². The Balaban J connectivity index is 1.88. The van der Waals surface area contributed by atoms with Crippen molar-refractivity contribution in [2.45, 2.75) is 19.6 Å². The van der Waals surface area contributed by atoms with E-state index in [0.29, 0.717) is 11.3 Å². The molecule has 0 atom stereocenters. The van der Waals surface area contributed by atoms with E-state index in [1.165, 1.54) is 12.1 Å². The first-order valence-electron chi connectivity index (χ1n) is 6.98. The maximum atomic E-state index is 13.6. The molecular formula is C17H14ClFO5. The predicted molar refractivity (Wildman–Crippen MR) is 84.2 cm³/mol. The van der Waals surface area contributed by atoms with Crippen LogP contribution < -0.4 is 4.74 Å². The van der Waals surface area contributed by atoms with Crippen molar-refractivity contribution in [3.05, 3.63) is 64.4 Å². The summed E-state index contributed by atoms with van der Waals surface area (Å²) in [5, 5.41) is 8.74. The highest BCUT2D eigenvalue weighted by atomic mass is 35.5. The molecular weight excluding hydrogens is 339 g/mol. The third kappa shape index (κ3) is 5.24. The highest BCUT2D eigenvalue weighted by molar-refractivity contribution is 6.31. The monoisotopic (exact) mass is 352 g/mol. The van der Waals surface area contributed by atoms with Crippen LogP contribution in [0.15, 0.2) is 42.5 Å². The number of carboxylic acid groups (broad SMARTS) is 1. The molecule has 0 amide bonds. The minimum absolute atomic E-state index is 0.0154. The predicted octanol–water partition coefficient (Wildman–Crippen LogP) is 3.58. The van der Waals surface area contributed by atoms with Crippen LogP contribution in [0.25, 0.3) is 0 Å². The Morgan fingerprint density at radius 3 is 2.42 bits per heavy atom. The van der Waals surface area contributed by atoms with Crippen molar-refractivity contribution in [3.8, 4) is 5.75 Å². The first kappa shape index (κ1) is 17.7. The topological polar surface area (TPSA) is 72.8 Å². The zero-order valence-electron chi connectivity index (χ0n) is 12.5. The van der Waals surface area contributed by atoms with Crippen molar-refractivity contribution in [3.63, 3.8) is 0 Å². The average Bonchev–Trinajstić information content (AvgIpc) is 2.53. The van der Waals surface area contributed by atoms with E-state index in [4.69, 9.17) is 26.2 Å². The minimum atomic E-state index is -1.24. The first-order valence-corrected chi connectivity index (χ1v) is 7.35. The minimum Gasteiger partial charge on any atom is -0.489 e. The summed E-state index contributed by atoms with van der Waals surface area (Å²) in [6.45, 7) is -0.0516. The third-order valence-electron chi connectivity index (χ3n) is 3.06. The molecule has 0 unspecified atom stereocenters. The summed E-state index contributed by atoms with van der Waals surface area (Å²) < 4.78 is 23.9. The van der Waals surface area contributed by atoms with Crippen LogP contribution >= 0.6 is 11.6 Å². The van der Waals surface area contributed by atoms with E-state index in [0.717, 1.165) is 0 Å². The molecule has 0 aliphatic heterocycles. The molecule has 0 heterocycles. The molecule has 0 spiro atoms. The van der Waals surface area contributed by atoms with E-state index in [9.17, 15) is 14.0 Å². The number of aliphatic carboxylic acids is 1. The Labute approximate surface area is 142 Å². The number of carbonyl (C=O) groups is 2. The lowest BCUT2D eigenvalue weighted by Crippen LogP contribution is -2.10. The van der Waals surface area contributed by atoms with E-state index in [1.54, 1.807) is 30.3 Å². The normalized spacial score (nSPS) is 10.2. The molecule has 2 aromatic rings. The lowest BCUT2D eigenvalue weighted by Gasteiger charge is -2.09. The van der Waals surface area contributed by atoms with Crippen molar-refractivity contribution in [2.24, 2.45) is 0 Å². The maximum Gasteiger partial charge on any atom is 0.317 e. The zero-order chi connectivity index (χ0) is 17.5. The van der Waals surface area contributed by atoms with Gasteiger partial charge >= 0.3 is 11.9 Å². The molecule has 2 aromatic carbocycles. The molecule has 0 bridgehead atoms. The van der Waals surface area contributed by atoms with E-state index in [1.807, 2.05) is 0 Å². The molecule has 24 heavy (non-hydrogen) atoms. The Morgan fingerprint density at radius 2 is 1.79 bits per heavy atom. The van der Waals surface area contributed by atoms with Gasteiger partial charge in [-0.2, -0.15) is 0 Å². The average molecular weight is 353 g/mol. The summed E-state index contributed by atoms with van der Waals surface area (Å²) in [4.78, 5) is 21.5. The molecule has 2 rings (SSSR count). The number of carboxylic acids is 1. The van der Waals surface area contributed by atoms with Gasteiger partial charge < -0.3 is 14.6 Å². The van der Waals surface area contributed by atoms with Gasteiger partial charge in [-0.15, -0.1) is 0 Å². The number of rotatable bonds is 7. The van der Waals surface area contributed by atoms with Crippen molar-refractivity contribution >= 4 is 23.5 Å². The van der Waals surface area contributed by atoms with Crippen LogP contribution in [0.1, 0.15) is 17.5 Å².